The van der Waals surface area contributed by atoms with Crippen LogP contribution in [0.4, 0.5) is 18.9 Å². The van der Waals surface area contributed by atoms with Gasteiger partial charge in [-0.25, -0.2) is 13.2 Å². The molecule has 0 heterocycles. The molecule has 0 atom stereocenters. The first-order valence-corrected chi connectivity index (χ1v) is 3.10. The van der Waals surface area contributed by atoms with Crippen LogP contribution in [-0.2, 0) is 0 Å². The number of hydrogen-bond donors (Lipinski definition) is 2. The normalized spacial score (nSPS) is 10.2. The third-order valence-corrected chi connectivity index (χ3v) is 1.55. The fraction of sp³-hybridized carbons (Fsp3) is 0. The quantitative estimate of drug-likeness (QED) is 0.355. The van der Waals surface area contributed by atoms with Gasteiger partial charge in [-0.15, -0.1) is 12.6 Å². The number of thiol groups is 1. The highest BCUT2D eigenvalue weighted by molar-refractivity contribution is 7.80. The summed E-state index contributed by atoms with van der Waals surface area (Å²) >= 11 is 3.61. The minimum absolute atomic E-state index is 0.110. The molecule has 0 aliphatic rings. The van der Waals surface area contributed by atoms with Gasteiger partial charge in [-0.3, -0.25) is 0 Å². The average Bonchev–Trinajstić information content (AvgIpc) is 1.97. The lowest BCUT2D eigenvalue weighted by atomic mass is 10.3. The van der Waals surface area contributed by atoms with Gasteiger partial charge < -0.3 is 5.73 Å². The van der Waals surface area contributed by atoms with E-state index >= 15 is 0 Å². The monoisotopic (exact) mass is 179 g/mol. The van der Waals surface area contributed by atoms with Crippen molar-refractivity contribution in [1.82, 2.24) is 0 Å². The number of rotatable bonds is 0. The van der Waals surface area contributed by atoms with E-state index in [9.17, 15) is 13.2 Å². The molecule has 0 radical (unpaired) electrons. The van der Waals surface area contributed by atoms with Gasteiger partial charge in [0.2, 0.25) is 0 Å². The lowest BCUT2D eigenvalue weighted by molar-refractivity contribution is 0.446. The Morgan fingerprint density at radius 1 is 1.18 bits per heavy atom. The summed E-state index contributed by atoms with van der Waals surface area (Å²) in [7, 11) is 0. The third-order valence-electron chi connectivity index (χ3n) is 1.18. The van der Waals surface area contributed by atoms with E-state index < -0.39 is 23.1 Å². The van der Waals surface area contributed by atoms with E-state index in [1.165, 1.54) is 0 Å². The zero-order chi connectivity index (χ0) is 8.59. The SMILES string of the molecule is Nc1c(S)cc(F)c(F)c1F. The van der Waals surface area contributed by atoms with E-state index in [-0.39, 0.29) is 4.90 Å². The van der Waals surface area contributed by atoms with Crippen LogP contribution >= 0.6 is 12.6 Å². The Morgan fingerprint density at radius 2 is 1.73 bits per heavy atom. The second kappa shape index (κ2) is 2.65. The number of halogens is 3. The molecule has 0 spiro atoms. The summed E-state index contributed by atoms with van der Waals surface area (Å²) in [4.78, 5) is -0.110. The van der Waals surface area contributed by atoms with Crippen molar-refractivity contribution in [2.24, 2.45) is 0 Å². The van der Waals surface area contributed by atoms with Crippen LogP contribution in [0.15, 0.2) is 11.0 Å². The molecule has 0 saturated carbocycles. The maximum Gasteiger partial charge on any atom is 0.196 e. The molecule has 0 bridgehead atoms. The van der Waals surface area contributed by atoms with E-state index in [1.807, 2.05) is 0 Å². The minimum atomic E-state index is -1.57. The average molecular weight is 179 g/mol. The number of anilines is 1. The van der Waals surface area contributed by atoms with Crippen LogP contribution < -0.4 is 5.73 Å². The van der Waals surface area contributed by atoms with Crippen molar-refractivity contribution in [1.29, 1.82) is 0 Å². The van der Waals surface area contributed by atoms with Crippen LogP contribution in [0.2, 0.25) is 0 Å². The predicted molar refractivity (Wildman–Crippen MR) is 38.0 cm³/mol. The number of benzene rings is 1. The Kier molecular flexibility index (Phi) is 1.99. The van der Waals surface area contributed by atoms with Gasteiger partial charge in [0.25, 0.3) is 0 Å². The lowest BCUT2D eigenvalue weighted by Gasteiger charge is -2.01. The molecule has 1 aromatic carbocycles. The second-order valence-electron chi connectivity index (χ2n) is 1.92. The van der Waals surface area contributed by atoms with Gasteiger partial charge in [0.15, 0.2) is 17.5 Å². The van der Waals surface area contributed by atoms with Crippen molar-refractivity contribution < 1.29 is 13.2 Å². The number of nitrogens with two attached hydrogens (primary N) is 1. The molecule has 60 valence electrons. The third kappa shape index (κ3) is 1.28. The highest BCUT2D eigenvalue weighted by Gasteiger charge is 2.14. The smallest absolute Gasteiger partial charge is 0.196 e. The maximum absolute atomic E-state index is 12.5. The van der Waals surface area contributed by atoms with Crippen LogP contribution in [0.25, 0.3) is 0 Å². The maximum atomic E-state index is 12.5. The highest BCUT2D eigenvalue weighted by atomic mass is 32.1. The second-order valence-corrected chi connectivity index (χ2v) is 2.40. The zero-order valence-electron chi connectivity index (χ0n) is 5.24. The molecule has 11 heavy (non-hydrogen) atoms. The Morgan fingerprint density at radius 3 is 2.27 bits per heavy atom. The number of nitrogen functional groups attached to an aromatic ring is 1. The van der Waals surface area contributed by atoms with Gasteiger partial charge in [0.1, 0.15) is 0 Å². The van der Waals surface area contributed by atoms with Crippen LogP contribution in [0.1, 0.15) is 0 Å². The molecule has 2 N–H and O–H groups in total. The van der Waals surface area contributed by atoms with E-state index in [0.29, 0.717) is 0 Å². The van der Waals surface area contributed by atoms with Crippen molar-refractivity contribution in [2.75, 3.05) is 5.73 Å². The highest BCUT2D eigenvalue weighted by Crippen LogP contribution is 2.24. The van der Waals surface area contributed by atoms with Crippen molar-refractivity contribution in [3.8, 4) is 0 Å². The summed E-state index contributed by atoms with van der Waals surface area (Å²) in [5, 5.41) is 0. The molecule has 1 rings (SSSR count). The van der Waals surface area contributed by atoms with Crippen molar-refractivity contribution >= 4 is 18.3 Å². The Labute approximate surface area is 66.4 Å². The molecule has 5 heteroatoms. The summed E-state index contributed by atoms with van der Waals surface area (Å²) in [6, 6.07) is 0.719. The van der Waals surface area contributed by atoms with E-state index in [4.69, 9.17) is 5.73 Å². The standard InChI is InChI=1S/C6H4F3NS/c7-2-1-3(11)6(10)5(9)4(2)8/h1,11H,10H2. The summed E-state index contributed by atoms with van der Waals surface area (Å²) < 4.78 is 37.1. The van der Waals surface area contributed by atoms with Gasteiger partial charge in [0, 0.05) is 4.90 Å². The van der Waals surface area contributed by atoms with Crippen LogP contribution in [0.5, 0.6) is 0 Å². The fourth-order valence-corrected chi connectivity index (χ4v) is 0.808. The molecule has 1 nitrogen and oxygen atoms in total. The van der Waals surface area contributed by atoms with Gasteiger partial charge in [-0.05, 0) is 6.07 Å². The zero-order valence-corrected chi connectivity index (χ0v) is 6.13. The first-order chi connectivity index (χ1) is 5.04. The van der Waals surface area contributed by atoms with Crippen molar-refractivity contribution in [3.05, 3.63) is 23.5 Å². The van der Waals surface area contributed by atoms with E-state index in [2.05, 4.69) is 12.6 Å². The van der Waals surface area contributed by atoms with E-state index in [0.717, 1.165) is 6.07 Å². The first kappa shape index (κ1) is 8.26. The Bertz CT molecular complexity index is 274. The van der Waals surface area contributed by atoms with Gasteiger partial charge in [-0.1, -0.05) is 0 Å². The van der Waals surface area contributed by atoms with Crippen molar-refractivity contribution in [2.45, 2.75) is 4.90 Å². The molecule has 0 fully saturated rings. The topological polar surface area (TPSA) is 26.0 Å². The number of hydrogen-bond acceptors (Lipinski definition) is 2. The molecule has 0 unspecified atom stereocenters. The van der Waals surface area contributed by atoms with Crippen LogP contribution in [-0.4, -0.2) is 0 Å². The van der Waals surface area contributed by atoms with Gasteiger partial charge in [-0.2, -0.15) is 0 Å². The molecule has 0 aromatic heterocycles. The summed E-state index contributed by atoms with van der Waals surface area (Å²) in [5.74, 6) is -4.25. The van der Waals surface area contributed by atoms with Crippen LogP contribution in [0, 0.1) is 17.5 Å². The summed E-state index contributed by atoms with van der Waals surface area (Å²) in [5.41, 5.74) is 4.51. The van der Waals surface area contributed by atoms with E-state index in [1.54, 1.807) is 0 Å². The van der Waals surface area contributed by atoms with Crippen LogP contribution in [0.3, 0.4) is 0 Å². The van der Waals surface area contributed by atoms with Gasteiger partial charge >= 0.3 is 0 Å². The van der Waals surface area contributed by atoms with Gasteiger partial charge in [0.05, 0.1) is 5.69 Å². The molecule has 0 amide bonds. The Hall–Kier alpha value is -0.840. The summed E-state index contributed by atoms with van der Waals surface area (Å²) in [6.07, 6.45) is 0. The molecule has 1 aromatic rings. The van der Waals surface area contributed by atoms with Crippen molar-refractivity contribution in [3.63, 3.8) is 0 Å². The summed E-state index contributed by atoms with van der Waals surface area (Å²) in [6.45, 7) is 0. The fourth-order valence-electron chi connectivity index (χ4n) is 0.597. The molecule has 0 aliphatic carbocycles. The minimum Gasteiger partial charge on any atom is -0.395 e. The molecule has 0 saturated heterocycles. The molecular weight excluding hydrogens is 175 g/mol. The lowest BCUT2D eigenvalue weighted by Crippen LogP contribution is -1.98. The largest absolute Gasteiger partial charge is 0.395 e. The first-order valence-electron chi connectivity index (χ1n) is 2.66. The molecular formula is C6H4F3NS. The molecule has 0 aliphatic heterocycles. The predicted octanol–water partition coefficient (Wildman–Crippen LogP) is 1.97. The Balaban J connectivity index is 3.46.